The highest BCUT2D eigenvalue weighted by molar-refractivity contribution is 9.10. The van der Waals surface area contributed by atoms with Gasteiger partial charge in [0.15, 0.2) is 0 Å². The highest BCUT2D eigenvalue weighted by atomic mass is 79.9. The van der Waals surface area contributed by atoms with E-state index >= 15 is 0 Å². The Bertz CT molecular complexity index is 467. The minimum absolute atomic E-state index is 0.183. The number of benzene rings is 1. The first kappa shape index (κ1) is 26.1. The molecule has 156 valence electrons. The van der Waals surface area contributed by atoms with E-state index in [0.29, 0.717) is 4.47 Å². The predicted octanol–water partition coefficient (Wildman–Crippen LogP) is 5.82. The SMILES string of the molecule is CCCC[N+](CCCC)(CCCC)CCCC.O=C([O-])c1ccccc1Br. The molecule has 0 fully saturated rings. The fraction of sp³-hybridized carbons (Fsp3) is 0.696. The quantitative estimate of drug-likeness (QED) is 0.362. The average molecular weight is 442 g/mol. The smallest absolute Gasteiger partial charge is 0.0786 e. The van der Waals surface area contributed by atoms with Crippen LogP contribution in [0, 0.1) is 0 Å². The molecule has 0 heterocycles. The minimum atomic E-state index is -1.16. The van der Waals surface area contributed by atoms with Gasteiger partial charge in [-0.3, -0.25) is 0 Å². The summed E-state index contributed by atoms with van der Waals surface area (Å²) >= 11 is 3.08. The first-order valence-corrected chi connectivity index (χ1v) is 11.6. The number of aromatic carboxylic acids is 1. The van der Waals surface area contributed by atoms with E-state index in [0.717, 1.165) is 0 Å². The molecule has 1 aromatic rings. The normalized spacial score (nSPS) is 11.0. The van der Waals surface area contributed by atoms with Gasteiger partial charge in [-0.2, -0.15) is 0 Å². The first-order chi connectivity index (χ1) is 13.0. The molecule has 0 N–H and O–H groups in total. The molecule has 0 aliphatic carbocycles. The van der Waals surface area contributed by atoms with Gasteiger partial charge in [-0.15, -0.1) is 0 Å². The lowest BCUT2D eigenvalue weighted by Gasteiger charge is -2.39. The van der Waals surface area contributed by atoms with Gasteiger partial charge in [0.05, 0.1) is 32.1 Å². The van der Waals surface area contributed by atoms with Gasteiger partial charge in [0.25, 0.3) is 0 Å². The van der Waals surface area contributed by atoms with Crippen LogP contribution in [-0.2, 0) is 0 Å². The Morgan fingerprint density at radius 2 is 1.19 bits per heavy atom. The molecule has 0 aliphatic rings. The molecule has 0 atom stereocenters. The summed E-state index contributed by atoms with van der Waals surface area (Å²) in [6.45, 7) is 15.0. The number of hydrogen-bond donors (Lipinski definition) is 0. The zero-order chi connectivity index (χ0) is 20.5. The first-order valence-electron chi connectivity index (χ1n) is 10.8. The fourth-order valence-electron chi connectivity index (χ4n) is 3.27. The molecule has 0 saturated heterocycles. The Hall–Kier alpha value is -0.870. The monoisotopic (exact) mass is 441 g/mol. The van der Waals surface area contributed by atoms with E-state index in [1.165, 1.54) is 88.1 Å². The summed E-state index contributed by atoms with van der Waals surface area (Å²) in [5.41, 5.74) is 0.183. The Morgan fingerprint density at radius 3 is 1.44 bits per heavy atom. The maximum Gasteiger partial charge on any atom is 0.0786 e. The average Bonchev–Trinajstić information content (AvgIpc) is 2.67. The molecule has 0 radical (unpaired) electrons. The largest absolute Gasteiger partial charge is 0.545 e. The second-order valence-corrected chi connectivity index (χ2v) is 8.27. The molecule has 0 unspecified atom stereocenters. The van der Waals surface area contributed by atoms with Gasteiger partial charge in [0.2, 0.25) is 0 Å². The molecule has 1 aromatic carbocycles. The van der Waals surface area contributed by atoms with Crippen LogP contribution >= 0.6 is 15.9 Å². The second-order valence-electron chi connectivity index (χ2n) is 7.42. The van der Waals surface area contributed by atoms with Crippen LogP contribution in [-0.4, -0.2) is 36.6 Å². The maximum atomic E-state index is 10.3. The van der Waals surface area contributed by atoms with Crippen LogP contribution in [0.3, 0.4) is 0 Å². The number of quaternary nitrogens is 1. The summed E-state index contributed by atoms with van der Waals surface area (Å²) in [7, 11) is 0. The predicted molar refractivity (Wildman–Crippen MR) is 118 cm³/mol. The van der Waals surface area contributed by atoms with Crippen LogP contribution in [0.4, 0.5) is 0 Å². The highest BCUT2D eigenvalue weighted by Gasteiger charge is 2.24. The summed E-state index contributed by atoms with van der Waals surface area (Å²) < 4.78 is 1.97. The van der Waals surface area contributed by atoms with Gasteiger partial charge in [-0.25, -0.2) is 0 Å². The van der Waals surface area contributed by atoms with E-state index in [4.69, 9.17) is 0 Å². The van der Waals surface area contributed by atoms with Gasteiger partial charge >= 0.3 is 0 Å². The van der Waals surface area contributed by atoms with Crippen LogP contribution in [0.2, 0.25) is 0 Å². The van der Waals surface area contributed by atoms with Crippen molar-refractivity contribution in [3.63, 3.8) is 0 Å². The van der Waals surface area contributed by atoms with E-state index in [1.54, 1.807) is 18.2 Å². The Labute approximate surface area is 175 Å². The topological polar surface area (TPSA) is 40.1 Å². The number of carbonyl (C=O) groups is 1. The summed E-state index contributed by atoms with van der Waals surface area (Å²) in [4.78, 5) is 10.3. The number of carboxylic acid groups (broad SMARTS) is 1. The number of carbonyl (C=O) groups excluding carboxylic acids is 1. The van der Waals surface area contributed by atoms with Crippen molar-refractivity contribution in [3.05, 3.63) is 34.3 Å². The van der Waals surface area contributed by atoms with Crippen molar-refractivity contribution in [2.45, 2.75) is 79.1 Å². The third-order valence-corrected chi connectivity index (χ3v) is 5.73. The van der Waals surface area contributed by atoms with Crippen molar-refractivity contribution in [3.8, 4) is 0 Å². The number of hydrogen-bond acceptors (Lipinski definition) is 2. The van der Waals surface area contributed by atoms with E-state index in [9.17, 15) is 9.90 Å². The van der Waals surface area contributed by atoms with E-state index < -0.39 is 5.97 Å². The highest BCUT2D eigenvalue weighted by Crippen LogP contribution is 2.16. The molecule has 0 bridgehead atoms. The number of carboxylic acids is 1. The van der Waals surface area contributed by atoms with Crippen LogP contribution < -0.4 is 5.11 Å². The van der Waals surface area contributed by atoms with E-state index in [-0.39, 0.29) is 5.56 Å². The fourth-order valence-corrected chi connectivity index (χ4v) is 3.72. The van der Waals surface area contributed by atoms with Crippen molar-refractivity contribution in [2.24, 2.45) is 0 Å². The summed E-state index contributed by atoms with van der Waals surface area (Å²) in [5, 5.41) is 10.3. The molecule has 0 saturated carbocycles. The van der Waals surface area contributed by atoms with Crippen LogP contribution in [0.5, 0.6) is 0 Å². The lowest BCUT2D eigenvalue weighted by atomic mass is 10.1. The number of unbranched alkanes of at least 4 members (excludes halogenated alkanes) is 4. The van der Waals surface area contributed by atoms with Gasteiger partial charge < -0.3 is 14.4 Å². The van der Waals surface area contributed by atoms with Crippen molar-refractivity contribution in [1.82, 2.24) is 0 Å². The molecule has 0 amide bonds. The number of nitrogens with zero attached hydrogens (tertiary/aromatic N) is 1. The molecule has 27 heavy (non-hydrogen) atoms. The molecule has 1 rings (SSSR count). The molecule has 0 aliphatic heterocycles. The second kappa shape index (κ2) is 16.1. The van der Waals surface area contributed by atoms with Crippen molar-refractivity contribution in [1.29, 1.82) is 0 Å². The van der Waals surface area contributed by atoms with Gasteiger partial charge in [-0.05, 0) is 31.7 Å². The zero-order valence-electron chi connectivity index (χ0n) is 17.9. The summed E-state index contributed by atoms with van der Waals surface area (Å²) in [5.74, 6) is -1.16. The minimum Gasteiger partial charge on any atom is -0.545 e. The van der Waals surface area contributed by atoms with E-state index in [1.807, 2.05) is 0 Å². The number of halogens is 1. The molecule has 3 nitrogen and oxygen atoms in total. The van der Waals surface area contributed by atoms with Crippen molar-refractivity contribution in [2.75, 3.05) is 26.2 Å². The van der Waals surface area contributed by atoms with Gasteiger partial charge in [0.1, 0.15) is 0 Å². The van der Waals surface area contributed by atoms with Gasteiger partial charge in [0, 0.05) is 10.0 Å². The lowest BCUT2D eigenvalue weighted by Crippen LogP contribution is -2.50. The molecule has 0 spiro atoms. The summed E-state index contributed by atoms with van der Waals surface area (Å²) in [6, 6.07) is 6.54. The lowest BCUT2D eigenvalue weighted by molar-refractivity contribution is -0.929. The van der Waals surface area contributed by atoms with Crippen molar-refractivity contribution < 1.29 is 14.4 Å². The third kappa shape index (κ3) is 11.5. The van der Waals surface area contributed by atoms with E-state index in [2.05, 4.69) is 43.6 Å². The van der Waals surface area contributed by atoms with Crippen LogP contribution in [0.25, 0.3) is 0 Å². The third-order valence-electron chi connectivity index (χ3n) is 5.04. The van der Waals surface area contributed by atoms with Crippen LogP contribution in [0.15, 0.2) is 28.7 Å². The maximum absolute atomic E-state index is 10.3. The standard InChI is InChI=1S/C16H36N.C7H5BrO2/c1-5-9-13-17(14-10-6-2,15-11-7-3)16-12-8-4;8-6-4-2-1-3-5(6)7(9)10/h5-16H2,1-4H3;1-4H,(H,9,10)/q+1;/p-1. The Kier molecular flexibility index (Phi) is 15.6. The Balaban J connectivity index is 0.000000569. The zero-order valence-corrected chi connectivity index (χ0v) is 19.5. The molecular weight excluding hydrogens is 402 g/mol. The Morgan fingerprint density at radius 1 is 0.815 bits per heavy atom. The van der Waals surface area contributed by atoms with Gasteiger partial charge in [-0.1, -0.05) is 87.5 Å². The molecular formula is C23H40BrNO2. The molecule has 0 aromatic heterocycles. The van der Waals surface area contributed by atoms with Crippen LogP contribution in [0.1, 0.15) is 89.4 Å². The van der Waals surface area contributed by atoms with Crippen molar-refractivity contribution >= 4 is 21.9 Å². The number of rotatable bonds is 13. The molecule has 4 heteroatoms. The summed E-state index contributed by atoms with van der Waals surface area (Å²) in [6.07, 6.45) is 11.1.